The van der Waals surface area contributed by atoms with Crippen LogP contribution in [0, 0.1) is 11.8 Å². The predicted octanol–water partition coefficient (Wildman–Crippen LogP) is 3.21. The zero-order valence-electron chi connectivity index (χ0n) is 17.0. The lowest BCUT2D eigenvalue weighted by Gasteiger charge is -2.35. The molecule has 1 saturated heterocycles. The Morgan fingerprint density at radius 2 is 1.67 bits per heavy atom. The highest BCUT2D eigenvalue weighted by Gasteiger charge is 2.33. The van der Waals surface area contributed by atoms with E-state index in [1.165, 1.54) is 4.31 Å². The molecular weight excluding hydrogens is 426 g/mol. The molecule has 0 aliphatic carbocycles. The van der Waals surface area contributed by atoms with Crippen molar-refractivity contribution in [2.24, 2.45) is 11.8 Å². The Morgan fingerprint density at radius 3 is 2.17 bits per heavy atom. The van der Waals surface area contributed by atoms with E-state index in [-0.39, 0.29) is 11.7 Å². The molecule has 9 heteroatoms. The number of sulfonamides is 1. The number of aliphatic carboxylic acids is 1. The minimum Gasteiger partial charge on any atom is -0.481 e. The molecule has 0 saturated carbocycles. The fraction of sp³-hybridized carbons (Fsp3) is 0.429. The van der Waals surface area contributed by atoms with Crippen LogP contribution in [0.1, 0.15) is 13.8 Å². The van der Waals surface area contributed by atoms with E-state index in [0.29, 0.717) is 31.2 Å². The van der Waals surface area contributed by atoms with Crippen LogP contribution in [0.25, 0.3) is 11.1 Å². The van der Waals surface area contributed by atoms with Gasteiger partial charge in [-0.2, -0.15) is 4.31 Å². The molecule has 0 radical (unpaired) electrons. The SMILES string of the molecule is CC(C)C(CS(=O)(=O)N1CCN(c2ccc(-c3ccc(Cl)cc3)cn2)CC1)C(=O)O. The summed E-state index contributed by atoms with van der Waals surface area (Å²) in [6, 6.07) is 11.4. The van der Waals surface area contributed by atoms with E-state index >= 15 is 0 Å². The molecule has 3 rings (SSSR count). The second-order valence-corrected chi connectivity index (χ2v) is 10.2. The lowest BCUT2D eigenvalue weighted by Crippen LogP contribution is -2.50. The summed E-state index contributed by atoms with van der Waals surface area (Å²) in [6.45, 7) is 5.09. The number of anilines is 1. The van der Waals surface area contributed by atoms with E-state index in [2.05, 4.69) is 4.98 Å². The number of carboxylic acids is 1. The van der Waals surface area contributed by atoms with Crippen molar-refractivity contribution in [2.75, 3.05) is 36.8 Å². The summed E-state index contributed by atoms with van der Waals surface area (Å²) >= 11 is 5.93. The first-order valence-corrected chi connectivity index (χ1v) is 11.8. The molecule has 1 aliphatic heterocycles. The normalized spacial score (nSPS) is 16.6. The quantitative estimate of drug-likeness (QED) is 0.695. The van der Waals surface area contributed by atoms with Crippen LogP contribution in [0.2, 0.25) is 5.02 Å². The Morgan fingerprint density at radius 1 is 1.07 bits per heavy atom. The van der Waals surface area contributed by atoms with Crippen LogP contribution in [-0.4, -0.2) is 60.7 Å². The van der Waals surface area contributed by atoms with Crippen LogP contribution in [0.5, 0.6) is 0 Å². The van der Waals surface area contributed by atoms with Gasteiger partial charge in [0.1, 0.15) is 5.82 Å². The van der Waals surface area contributed by atoms with Crippen molar-refractivity contribution in [3.05, 3.63) is 47.6 Å². The molecule has 30 heavy (non-hydrogen) atoms. The van der Waals surface area contributed by atoms with Crippen LogP contribution in [-0.2, 0) is 14.8 Å². The maximum absolute atomic E-state index is 12.7. The average molecular weight is 452 g/mol. The predicted molar refractivity (Wildman–Crippen MR) is 118 cm³/mol. The topological polar surface area (TPSA) is 90.8 Å². The van der Waals surface area contributed by atoms with Crippen molar-refractivity contribution in [2.45, 2.75) is 13.8 Å². The Labute approximate surface area is 182 Å². The average Bonchev–Trinajstić information content (AvgIpc) is 2.72. The van der Waals surface area contributed by atoms with Crippen LogP contribution < -0.4 is 4.90 Å². The molecule has 1 aromatic carbocycles. The lowest BCUT2D eigenvalue weighted by molar-refractivity contribution is -0.142. The summed E-state index contributed by atoms with van der Waals surface area (Å²) in [7, 11) is -3.63. The summed E-state index contributed by atoms with van der Waals surface area (Å²) < 4.78 is 26.8. The Hall–Kier alpha value is -2.16. The van der Waals surface area contributed by atoms with Crippen molar-refractivity contribution in [3.8, 4) is 11.1 Å². The second-order valence-electron chi connectivity index (χ2n) is 7.77. The smallest absolute Gasteiger partial charge is 0.307 e. The van der Waals surface area contributed by atoms with E-state index in [9.17, 15) is 18.3 Å². The van der Waals surface area contributed by atoms with E-state index in [1.807, 2.05) is 41.3 Å². The third-order valence-corrected chi connectivity index (χ3v) is 7.58. The number of rotatable bonds is 7. The van der Waals surface area contributed by atoms with Crippen molar-refractivity contribution >= 4 is 33.4 Å². The number of pyridine rings is 1. The zero-order valence-corrected chi connectivity index (χ0v) is 18.6. The molecule has 1 atom stereocenters. The van der Waals surface area contributed by atoms with E-state index in [1.54, 1.807) is 20.0 Å². The van der Waals surface area contributed by atoms with Gasteiger partial charge in [0, 0.05) is 43.0 Å². The molecular formula is C21H26ClN3O4S. The number of piperazine rings is 1. The van der Waals surface area contributed by atoms with Crippen LogP contribution in [0.4, 0.5) is 5.82 Å². The van der Waals surface area contributed by atoms with Gasteiger partial charge in [-0.25, -0.2) is 13.4 Å². The summed E-state index contributed by atoms with van der Waals surface area (Å²) in [4.78, 5) is 17.9. The van der Waals surface area contributed by atoms with Crippen molar-refractivity contribution in [1.82, 2.24) is 9.29 Å². The first-order valence-electron chi connectivity index (χ1n) is 9.85. The first kappa shape index (κ1) is 22.5. The summed E-state index contributed by atoms with van der Waals surface area (Å²) in [6.07, 6.45) is 1.79. The largest absolute Gasteiger partial charge is 0.481 e. The van der Waals surface area contributed by atoms with Gasteiger partial charge >= 0.3 is 5.97 Å². The van der Waals surface area contributed by atoms with Crippen molar-refractivity contribution < 1.29 is 18.3 Å². The van der Waals surface area contributed by atoms with Gasteiger partial charge in [-0.3, -0.25) is 4.79 Å². The van der Waals surface area contributed by atoms with Crippen LogP contribution in [0.3, 0.4) is 0 Å². The van der Waals surface area contributed by atoms with Gasteiger partial charge in [0.15, 0.2) is 0 Å². The molecule has 0 bridgehead atoms. The summed E-state index contributed by atoms with van der Waals surface area (Å²) in [5.41, 5.74) is 2.00. The molecule has 7 nitrogen and oxygen atoms in total. The highest BCUT2D eigenvalue weighted by Crippen LogP contribution is 2.24. The molecule has 1 aliphatic rings. The minimum absolute atomic E-state index is 0.248. The number of benzene rings is 1. The first-order chi connectivity index (χ1) is 14.2. The van der Waals surface area contributed by atoms with Gasteiger partial charge < -0.3 is 10.0 Å². The highest BCUT2D eigenvalue weighted by molar-refractivity contribution is 7.89. The molecule has 1 unspecified atom stereocenters. The van der Waals surface area contributed by atoms with Gasteiger partial charge in [0.05, 0.1) is 11.7 Å². The maximum atomic E-state index is 12.7. The molecule has 162 valence electrons. The summed E-state index contributed by atoms with van der Waals surface area (Å²) in [5.74, 6) is -1.81. The highest BCUT2D eigenvalue weighted by atomic mass is 35.5. The standard InChI is InChI=1S/C21H26ClN3O4S/c1-15(2)19(21(26)27)14-30(28,29)25-11-9-24(10-12-25)20-8-5-17(13-23-20)16-3-6-18(22)7-4-16/h3-8,13,15,19H,9-12,14H2,1-2H3,(H,26,27). The number of carbonyl (C=O) groups is 1. The molecule has 1 N–H and O–H groups in total. The molecule has 0 spiro atoms. The Kier molecular flexibility index (Phi) is 7.00. The number of hydrogen-bond acceptors (Lipinski definition) is 5. The minimum atomic E-state index is -3.63. The van der Waals surface area contributed by atoms with Crippen LogP contribution in [0.15, 0.2) is 42.6 Å². The fourth-order valence-corrected chi connectivity index (χ4v) is 5.50. The molecule has 0 amide bonds. The third-order valence-electron chi connectivity index (χ3n) is 5.39. The number of halogens is 1. The van der Waals surface area contributed by atoms with Gasteiger partial charge in [-0.1, -0.05) is 37.6 Å². The fourth-order valence-electron chi connectivity index (χ4n) is 3.46. The lowest BCUT2D eigenvalue weighted by atomic mass is 9.98. The van der Waals surface area contributed by atoms with Crippen LogP contribution >= 0.6 is 11.6 Å². The molecule has 1 aromatic heterocycles. The van der Waals surface area contributed by atoms with Crippen molar-refractivity contribution in [1.29, 1.82) is 0 Å². The Balaban J connectivity index is 1.62. The van der Waals surface area contributed by atoms with Gasteiger partial charge in [0.2, 0.25) is 10.0 Å². The molecule has 2 heterocycles. The zero-order chi connectivity index (χ0) is 21.9. The van der Waals surface area contributed by atoms with Gasteiger partial charge in [-0.15, -0.1) is 0 Å². The maximum Gasteiger partial charge on any atom is 0.307 e. The number of aromatic nitrogens is 1. The van der Waals surface area contributed by atoms with E-state index in [0.717, 1.165) is 16.9 Å². The monoisotopic (exact) mass is 451 g/mol. The van der Waals surface area contributed by atoms with Crippen molar-refractivity contribution in [3.63, 3.8) is 0 Å². The number of nitrogens with zero attached hydrogens (tertiary/aromatic N) is 3. The van der Waals surface area contributed by atoms with Gasteiger partial charge in [0.25, 0.3) is 0 Å². The molecule has 2 aromatic rings. The second kappa shape index (κ2) is 9.32. The van der Waals surface area contributed by atoms with Gasteiger partial charge in [-0.05, 0) is 35.7 Å². The molecule has 1 fully saturated rings. The Bertz CT molecular complexity index is 970. The number of carboxylic acid groups (broad SMARTS) is 1. The third kappa shape index (κ3) is 5.30. The van der Waals surface area contributed by atoms with E-state index < -0.39 is 21.9 Å². The number of hydrogen-bond donors (Lipinski definition) is 1. The van der Waals surface area contributed by atoms with E-state index in [4.69, 9.17) is 11.6 Å². The summed E-state index contributed by atoms with van der Waals surface area (Å²) in [5, 5.41) is 9.99.